The fourth-order valence-corrected chi connectivity index (χ4v) is 3.30. The van der Waals surface area contributed by atoms with Gasteiger partial charge in [0, 0.05) is 24.1 Å². The minimum atomic E-state index is -0.157. The average Bonchev–Trinajstić information content (AvgIpc) is 2.38. The zero-order chi connectivity index (χ0) is 13.1. The summed E-state index contributed by atoms with van der Waals surface area (Å²) in [5, 5.41) is 3.55. The van der Waals surface area contributed by atoms with E-state index < -0.39 is 0 Å². The molecule has 0 amide bonds. The van der Waals surface area contributed by atoms with Gasteiger partial charge in [-0.25, -0.2) is 4.39 Å². The van der Waals surface area contributed by atoms with Crippen molar-refractivity contribution < 1.29 is 9.13 Å². The highest BCUT2D eigenvalue weighted by molar-refractivity contribution is 7.99. The predicted octanol–water partition coefficient (Wildman–Crippen LogP) is 3.38. The van der Waals surface area contributed by atoms with Crippen molar-refractivity contribution in [3.8, 4) is 0 Å². The molecule has 0 bridgehead atoms. The van der Waals surface area contributed by atoms with E-state index in [4.69, 9.17) is 4.74 Å². The topological polar surface area (TPSA) is 21.3 Å². The third kappa shape index (κ3) is 3.05. The van der Waals surface area contributed by atoms with E-state index in [1.165, 1.54) is 11.0 Å². The zero-order valence-electron chi connectivity index (χ0n) is 11.1. The van der Waals surface area contributed by atoms with Crippen LogP contribution in [-0.4, -0.2) is 25.0 Å². The van der Waals surface area contributed by atoms with Gasteiger partial charge in [-0.2, -0.15) is 0 Å². The van der Waals surface area contributed by atoms with Crippen molar-refractivity contribution in [3.05, 3.63) is 29.6 Å². The lowest BCUT2D eigenvalue weighted by Crippen LogP contribution is -2.40. The molecule has 0 fully saturated rings. The summed E-state index contributed by atoms with van der Waals surface area (Å²) in [6.45, 7) is 4.15. The van der Waals surface area contributed by atoms with E-state index in [-0.39, 0.29) is 24.0 Å². The van der Waals surface area contributed by atoms with Gasteiger partial charge >= 0.3 is 0 Å². The number of benzene rings is 1. The molecule has 100 valence electrons. The number of nitrogens with one attached hydrogen (secondary N) is 1. The molecule has 0 saturated carbocycles. The van der Waals surface area contributed by atoms with Crippen molar-refractivity contribution in [3.63, 3.8) is 0 Å². The molecule has 0 spiro atoms. The molecule has 1 aliphatic heterocycles. The third-order valence-corrected chi connectivity index (χ3v) is 4.67. The van der Waals surface area contributed by atoms with Crippen LogP contribution in [0.1, 0.15) is 31.9 Å². The van der Waals surface area contributed by atoms with Crippen molar-refractivity contribution in [1.29, 1.82) is 0 Å². The number of rotatable bonds is 4. The Morgan fingerprint density at radius 1 is 1.44 bits per heavy atom. The summed E-state index contributed by atoms with van der Waals surface area (Å²) < 4.78 is 18.7. The van der Waals surface area contributed by atoms with Gasteiger partial charge in [-0.1, -0.05) is 0 Å². The molecule has 0 saturated heterocycles. The minimum absolute atomic E-state index is 0.150. The van der Waals surface area contributed by atoms with Crippen LogP contribution < -0.4 is 5.32 Å². The van der Waals surface area contributed by atoms with Crippen molar-refractivity contribution in [2.75, 3.05) is 12.9 Å². The quantitative estimate of drug-likeness (QED) is 0.905. The van der Waals surface area contributed by atoms with Gasteiger partial charge in [0.25, 0.3) is 0 Å². The summed E-state index contributed by atoms with van der Waals surface area (Å²) in [5.41, 5.74) is 1.08. The molecule has 2 nitrogen and oxygen atoms in total. The predicted molar refractivity (Wildman–Crippen MR) is 73.6 cm³/mol. The molecule has 1 aromatic carbocycles. The summed E-state index contributed by atoms with van der Waals surface area (Å²) in [7, 11) is 1.72. The third-order valence-electron chi connectivity index (χ3n) is 3.55. The van der Waals surface area contributed by atoms with Gasteiger partial charge in [-0.3, -0.25) is 0 Å². The molecule has 1 N–H and O–H groups in total. The number of hydrogen-bond donors (Lipinski definition) is 1. The Kier molecular flexibility index (Phi) is 4.65. The molecule has 0 radical (unpaired) electrons. The maximum Gasteiger partial charge on any atom is 0.123 e. The fourth-order valence-electron chi connectivity index (χ4n) is 2.20. The van der Waals surface area contributed by atoms with Crippen LogP contribution in [0.3, 0.4) is 0 Å². The first-order chi connectivity index (χ1) is 8.61. The van der Waals surface area contributed by atoms with Crippen LogP contribution in [0.5, 0.6) is 0 Å². The van der Waals surface area contributed by atoms with E-state index in [0.29, 0.717) is 0 Å². The number of methoxy groups -OCH3 is 1. The summed E-state index contributed by atoms with van der Waals surface area (Å²) in [4.78, 5) is 1.19. The molecule has 0 aliphatic carbocycles. The molecule has 3 atom stereocenters. The van der Waals surface area contributed by atoms with Crippen LogP contribution in [0.4, 0.5) is 4.39 Å². The molecule has 3 unspecified atom stereocenters. The van der Waals surface area contributed by atoms with Crippen LogP contribution in [0.15, 0.2) is 23.1 Å². The highest BCUT2D eigenvalue weighted by Crippen LogP contribution is 2.36. The summed E-state index contributed by atoms with van der Waals surface area (Å²) in [6.07, 6.45) is 1.18. The van der Waals surface area contributed by atoms with Gasteiger partial charge < -0.3 is 10.1 Å². The van der Waals surface area contributed by atoms with Crippen molar-refractivity contribution in [2.45, 2.75) is 43.4 Å². The van der Waals surface area contributed by atoms with Gasteiger partial charge in [0.05, 0.1) is 6.10 Å². The standard InChI is InChI=1S/C14H20FNOS/c1-9(10(2)17-3)16-13-6-7-18-14-5-4-11(15)8-12(13)14/h4-5,8-10,13,16H,6-7H2,1-3H3. The second kappa shape index (κ2) is 6.04. The molecular formula is C14H20FNOS. The Hall–Kier alpha value is -0.580. The Labute approximate surface area is 112 Å². The van der Waals surface area contributed by atoms with Crippen molar-refractivity contribution >= 4 is 11.8 Å². The van der Waals surface area contributed by atoms with Gasteiger partial charge in [0.1, 0.15) is 5.82 Å². The highest BCUT2D eigenvalue weighted by atomic mass is 32.2. The van der Waals surface area contributed by atoms with Crippen LogP contribution in [-0.2, 0) is 4.74 Å². The average molecular weight is 269 g/mol. The molecule has 18 heavy (non-hydrogen) atoms. The Morgan fingerprint density at radius 3 is 2.94 bits per heavy atom. The van der Waals surface area contributed by atoms with E-state index >= 15 is 0 Å². The summed E-state index contributed by atoms with van der Waals surface area (Å²) >= 11 is 1.80. The zero-order valence-corrected chi connectivity index (χ0v) is 11.9. The van der Waals surface area contributed by atoms with E-state index in [0.717, 1.165) is 17.7 Å². The minimum Gasteiger partial charge on any atom is -0.380 e. The molecule has 2 rings (SSSR count). The second-order valence-electron chi connectivity index (χ2n) is 4.77. The lowest BCUT2D eigenvalue weighted by Gasteiger charge is -2.30. The maximum atomic E-state index is 13.4. The fraction of sp³-hybridized carbons (Fsp3) is 0.571. The second-order valence-corrected chi connectivity index (χ2v) is 5.90. The molecular weight excluding hydrogens is 249 g/mol. The van der Waals surface area contributed by atoms with Crippen LogP contribution in [0.25, 0.3) is 0 Å². The normalized spacial score (nSPS) is 22.3. The monoisotopic (exact) mass is 269 g/mol. The van der Waals surface area contributed by atoms with Crippen molar-refractivity contribution in [2.24, 2.45) is 0 Å². The summed E-state index contributed by atoms with van der Waals surface area (Å²) in [6, 6.07) is 5.55. The van der Waals surface area contributed by atoms with Crippen LogP contribution in [0.2, 0.25) is 0 Å². The largest absolute Gasteiger partial charge is 0.380 e. The molecule has 1 aromatic rings. The van der Waals surface area contributed by atoms with Gasteiger partial charge in [0.2, 0.25) is 0 Å². The number of ether oxygens (including phenoxy) is 1. The van der Waals surface area contributed by atoms with Crippen LogP contribution in [0, 0.1) is 5.82 Å². The maximum absolute atomic E-state index is 13.4. The first kappa shape index (κ1) is 13.8. The van der Waals surface area contributed by atoms with Gasteiger partial charge in [-0.15, -0.1) is 11.8 Å². The summed E-state index contributed by atoms with van der Waals surface area (Å²) in [5.74, 6) is 0.917. The molecule has 1 aliphatic rings. The smallest absolute Gasteiger partial charge is 0.123 e. The number of halogens is 1. The molecule has 1 heterocycles. The lowest BCUT2D eigenvalue weighted by atomic mass is 10.0. The lowest BCUT2D eigenvalue weighted by molar-refractivity contribution is 0.0839. The molecule has 4 heteroatoms. The Balaban J connectivity index is 2.14. The van der Waals surface area contributed by atoms with E-state index in [1.54, 1.807) is 24.9 Å². The van der Waals surface area contributed by atoms with E-state index in [2.05, 4.69) is 12.2 Å². The van der Waals surface area contributed by atoms with Crippen molar-refractivity contribution in [1.82, 2.24) is 5.32 Å². The highest BCUT2D eigenvalue weighted by Gasteiger charge is 2.24. The SMILES string of the molecule is COC(C)C(C)NC1CCSc2ccc(F)cc21. The first-order valence-electron chi connectivity index (χ1n) is 6.33. The number of thioether (sulfide) groups is 1. The van der Waals surface area contributed by atoms with E-state index in [9.17, 15) is 4.39 Å². The molecule has 0 aromatic heterocycles. The van der Waals surface area contributed by atoms with Crippen LogP contribution >= 0.6 is 11.8 Å². The Bertz CT molecular complexity index is 413. The number of hydrogen-bond acceptors (Lipinski definition) is 3. The number of fused-ring (bicyclic) bond motifs is 1. The van der Waals surface area contributed by atoms with Gasteiger partial charge in [-0.05, 0) is 49.8 Å². The van der Waals surface area contributed by atoms with Gasteiger partial charge in [0.15, 0.2) is 0 Å². The van der Waals surface area contributed by atoms with E-state index in [1.807, 2.05) is 13.0 Å². The first-order valence-corrected chi connectivity index (χ1v) is 7.31. The Morgan fingerprint density at radius 2 is 2.22 bits per heavy atom.